The summed E-state index contributed by atoms with van der Waals surface area (Å²) in [4.78, 5) is 0. The third-order valence-corrected chi connectivity index (χ3v) is 0.722. The highest BCUT2D eigenvalue weighted by molar-refractivity contribution is 7.07. The van der Waals surface area contributed by atoms with Crippen LogP contribution in [0.5, 0.6) is 0 Å². The van der Waals surface area contributed by atoms with Gasteiger partial charge in [0, 0.05) is 0 Å². The molecule has 1 aromatic heterocycles. The average molecular weight is 103 g/mol. The molecule has 0 unspecified atom stereocenters. The van der Waals surface area contributed by atoms with E-state index in [4.69, 9.17) is 0 Å². The minimum Gasteiger partial charge on any atom is -0.171 e. The highest BCUT2D eigenvalue weighted by Crippen LogP contribution is 1.93. The van der Waals surface area contributed by atoms with E-state index >= 15 is 0 Å². The SMILES string of the molecule is Fc1nn[c]s1. The van der Waals surface area contributed by atoms with E-state index in [1.807, 2.05) is 0 Å². The average Bonchev–Trinajstić information content (AvgIpc) is 1.86. The van der Waals surface area contributed by atoms with Crippen LogP contribution in [-0.2, 0) is 0 Å². The molecule has 0 aliphatic heterocycles. The predicted octanol–water partition coefficient (Wildman–Crippen LogP) is 0.477. The number of rotatable bonds is 0. The zero-order valence-electron chi connectivity index (χ0n) is 2.68. The second-order valence-electron chi connectivity index (χ2n) is 0.646. The predicted molar refractivity (Wildman–Crippen MR) is 18.7 cm³/mol. The van der Waals surface area contributed by atoms with Crippen LogP contribution in [0.3, 0.4) is 0 Å². The Kier molecular flexibility index (Phi) is 0.795. The molecule has 0 spiro atoms. The zero-order valence-corrected chi connectivity index (χ0v) is 3.50. The number of hydrogen-bond donors (Lipinski definition) is 0. The third-order valence-electron chi connectivity index (χ3n) is 0.299. The third kappa shape index (κ3) is 0.514. The summed E-state index contributed by atoms with van der Waals surface area (Å²) >= 11 is 0.764. The normalized spacial score (nSPS) is 8.83. The van der Waals surface area contributed by atoms with Gasteiger partial charge in [0.05, 0.1) is 0 Å². The summed E-state index contributed by atoms with van der Waals surface area (Å²) in [6, 6.07) is 0. The topological polar surface area (TPSA) is 25.8 Å². The van der Waals surface area contributed by atoms with Crippen LogP contribution in [0, 0.1) is 10.8 Å². The van der Waals surface area contributed by atoms with Crippen molar-refractivity contribution in [3.8, 4) is 0 Å². The van der Waals surface area contributed by atoms with Gasteiger partial charge in [-0.2, -0.15) is 4.39 Å². The Balaban J connectivity index is 3.05. The van der Waals surface area contributed by atoms with Crippen LogP contribution in [0.15, 0.2) is 0 Å². The van der Waals surface area contributed by atoms with Crippen LogP contribution in [0.4, 0.5) is 4.39 Å². The smallest absolute Gasteiger partial charge is 0.171 e. The van der Waals surface area contributed by atoms with Gasteiger partial charge in [0.15, 0.2) is 5.51 Å². The fourth-order valence-corrected chi connectivity index (χ4v) is 0.377. The molecular weight excluding hydrogens is 103 g/mol. The molecule has 0 aromatic carbocycles. The molecule has 0 aliphatic rings. The lowest BCUT2D eigenvalue weighted by Gasteiger charge is -1.56. The molecular formula is C2FN2S. The van der Waals surface area contributed by atoms with Gasteiger partial charge in [-0.25, -0.2) is 0 Å². The van der Waals surface area contributed by atoms with Crippen molar-refractivity contribution in [2.24, 2.45) is 0 Å². The molecule has 1 heterocycles. The van der Waals surface area contributed by atoms with Gasteiger partial charge in [-0.15, -0.1) is 10.2 Å². The largest absolute Gasteiger partial charge is 0.289 e. The first kappa shape index (κ1) is 3.67. The molecule has 0 amide bonds. The Hall–Kier alpha value is -0.510. The maximum atomic E-state index is 11.5. The minimum atomic E-state index is -0.532. The summed E-state index contributed by atoms with van der Waals surface area (Å²) in [5, 5.41) is 5.52. The summed E-state index contributed by atoms with van der Waals surface area (Å²) in [7, 11) is 0. The van der Waals surface area contributed by atoms with Gasteiger partial charge in [-0.05, 0) is 0 Å². The fraction of sp³-hybridized carbons (Fsp3) is 0. The van der Waals surface area contributed by atoms with Crippen LogP contribution in [0.2, 0.25) is 0 Å². The van der Waals surface area contributed by atoms with E-state index in [0.717, 1.165) is 11.3 Å². The van der Waals surface area contributed by atoms with Crippen LogP contribution in [-0.4, -0.2) is 10.2 Å². The Morgan fingerprint density at radius 3 is 2.83 bits per heavy atom. The van der Waals surface area contributed by atoms with Crippen molar-refractivity contribution in [3.63, 3.8) is 0 Å². The van der Waals surface area contributed by atoms with E-state index in [1.54, 1.807) is 0 Å². The molecule has 1 rings (SSSR count). The summed E-state index contributed by atoms with van der Waals surface area (Å²) < 4.78 is 11.5. The van der Waals surface area contributed by atoms with Crippen LogP contribution < -0.4 is 0 Å². The van der Waals surface area contributed by atoms with Crippen LogP contribution in [0.1, 0.15) is 0 Å². The molecule has 0 saturated heterocycles. The first-order valence-corrected chi connectivity index (χ1v) is 2.06. The molecule has 0 fully saturated rings. The maximum Gasteiger partial charge on any atom is 0.289 e. The second kappa shape index (κ2) is 1.30. The standard InChI is InChI=1S/C2FN2S/c3-2-5-4-1-6-2. The van der Waals surface area contributed by atoms with Crippen LogP contribution in [0.25, 0.3) is 0 Å². The Labute approximate surface area is 37.6 Å². The van der Waals surface area contributed by atoms with Crippen molar-refractivity contribution in [3.05, 3.63) is 10.8 Å². The van der Waals surface area contributed by atoms with Crippen molar-refractivity contribution in [1.82, 2.24) is 10.2 Å². The first-order valence-electron chi connectivity index (χ1n) is 1.24. The molecule has 6 heavy (non-hydrogen) atoms. The summed E-state index contributed by atoms with van der Waals surface area (Å²) in [5.41, 5.74) is 2.23. The van der Waals surface area contributed by atoms with Gasteiger partial charge in [0.2, 0.25) is 0 Å². The van der Waals surface area contributed by atoms with Gasteiger partial charge < -0.3 is 0 Å². The number of aromatic nitrogens is 2. The molecule has 0 atom stereocenters. The first-order chi connectivity index (χ1) is 2.89. The van der Waals surface area contributed by atoms with Gasteiger partial charge >= 0.3 is 0 Å². The monoisotopic (exact) mass is 103 g/mol. The van der Waals surface area contributed by atoms with Gasteiger partial charge in [0.1, 0.15) is 0 Å². The maximum absolute atomic E-state index is 11.5. The molecule has 1 radical (unpaired) electrons. The van der Waals surface area contributed by atoms with Crippen molar-refractivity contribution >= 4 is 11.3 Å². The van der Waals surface area contributed by atoms with Gasteiger partial charge in [0.25, 0.3) is 5.26 Å². The minimum absolute atomic E-state index is 0.532. The number of hydrogen-bond acceptors (Lipinski definition) is 3. The molecule has 2 nitrogen and oxygen atoms in total. The lowest BCUT2D eigenvalue weighted by molar-refractivity contribution is 0.601. The second-order valence-corrected chi connectivity index (χ2v) is 1.37. The van der Waals surface area contributed by atoms with E-state index in [9.17, 15) is 4.39 Å². The Bertz CT molecular complexity index is 115. The van der Waals surface area contributed by atoms with Crippen molar-refractivity contribution in [2.75, 3.05) is 0 Å². The van der Waals surface area contributed by atoms with Gasteiger partial charge in [-0.1, -0.05) is 11.3 Å². The number of nitrogens with zero attached hydrogens (tertiary/aromatic N) is 2. The fourth-order valence-electron chi connectivity index (χ4n) is 0.138. The lowest BCUT2D eigenvalue weighted by atomic mass is 11.5. The quantitative estimate of drug-likeness (QED) is 0.477. The van der Waals surface area contributed by atoms with E-state index in [-0.39, 0.29) is 0 Å². The molecule has 4 heteroatoms. The van der Waals surface area contributed by atoms with Gasteiger partial charge in [-0.3, -0.25) is 0 Å². The molecule has 1 aromatic rings. The molecule has 0 N–H and O–H groups in total. The van der Waals surface area contributed by atoms with Crippen molar-refractivity contribution in [2.45, 2.75) is 0 Å². The summed E-state index contributed by atoms with van der Waals surface area (Å²) in [5.74, 6) is 0. The van der Waals surface area contributed by atoms with E-state index in [1.165, 1.54) is 0 Å². The molecule has 0 bridgehead atoms. The number of halogens is 1. The van der Waals surface area contributed by atoms with E-state index in [0.29, 0.717) is 0 Å². The summed E-state index contributed by atoms with van der Waals surface area (Å²) in [6.07, 6.45) is 0. The highest BCUT2D eigenvalue weighted by Gasteiger charge is 1.85. The van der Waals surface area contributed by atoms with E-state index < -0.39 is 5.26 Å². The van der Waals surface area contributed by atoms with Crippen molar-refractivity contribution < 1.29 is 4.39 Å². The lowest BCUT2D eigenvalue weighted by Crippen LogP contribution is -1.65. The summed E-state index contributed by atoms with van der Waals surface area (Å²) in [6.45, 7) is 0. The van der Waals surface area contributed by atoms with Crippen molar-refractivity contribution in [1.29, 1.82) is 0 Å². The van der Waals surface area contributed by atoms with E-state index in [2.05, 4.69) is 15.7 Å². The molecule has 0 saturated carbocycles. The zero-order chi connectivity index (χ0) is 4.41. The highest BCUT2D eigenvalue weighted by atomic mass is 32.1. The molecule has 0 aliphatic carbocycles. The Morgan fingerprint density at radius 2 is 2.67 bits per heavy atom. The Morgan fingerprint density at radius 1 is 1.83 bits per heavy atom. The van der Waals surface area contributed by atoms with Crippen LogP contribution >= 0.6 is 11.3 Å². The molecule has 31 valence electrons.